The summed E-state index contributed by atoms with van der Waals surface area (Å²) in [7, 11) is 1.51. The standard InChI is InChI=1S/C12H12N4O3/c1-16-8(9(17)15-11(16)13)12(19)6-4-2-3-5-7(6)14-10(12)18/h2-5,8,19H,1H3,(H,14,18)(H2,13,15,17)/t8-,12-/m0/s1. The topological polar surface area (TPSA) is 108 Å². The fraction of sp³-hybridized carbons (Fsp3) is 0.250. The van der Waals surface area contributed by atoms with Crippen molar-refractivity contribution in [2.75, 3.05) is 12.4 Å². The lowest BCUT2D eigenvalue weighted by Gasteiger charge is -2.31. The van der Waals surface area contributed by atoms with Crippen molar-refractivity contribution in [1.29, 1.82) is 0 Å². The molecule has 0 aromatic heterocycles. The smallest absolute Gasteiger partial charge is 0.275 e. The van der Waals surface area contributed by atoms with Gasteiger partial charge < -0.3 is 21.1 Å². The monoisotopic (exact) mass is 260 g/mol. The van der Waals surface area contributed by atoms with E-state index < -0.39 is 23.5 Å². The van der Waals surface area contributed by atoms with Gasteiger partial charge in [-0.25, -0.2) is 0 Å². The van der Waals surface area contributed by atoms with Gasteiger partial charge in [0.25, 0.3) is 11.8 Å². The lowest BCUT2D eigenvalue weighted by Crippen LogP contribution is -2.56. The van der Waals surface area contributed by atoms with Crippen LogP contribution in [0.3, 0.4) is 0 Å². The number of para-hydroxylation sites is 1. The average Bonchev–Trinajstić information content (AvgIpc) is 2.77. The van der Waals surface area contributed by atoms with Crippen LogP contribution in [-0.2, 0) is 15.2 Å². The summed E-state index contributed by atoms with van der Waals surface area (Å²) in [5, 5.41) is 13.3. The van der Waals surface area contributed by atoms with Gasteiger partial charge in [0.1, 0.15) is 0 Å². The fourth-order valence-corrected chi connectivity index (χ4v) is 2.55. The maximum atomic E-state index is 12.1. The minimum absolute atomic E-state index is 0.0133. The van der Waals surface area contributed by atoms with Crippen molar-refractivity contribution in [1.82, 2.24) is 4.90 Å². The van der Waals surface area contributed by atoms with E-state index in [1.165, 1.54) is 11.9 Å². The van der Waals surface area contributed by atoms with E-state index in [2.05, 4.69) is 10.3 Å². The number of rotatable bonds is 1. The first-order valence-electron chi connectivity index (χ1n) is 5.70. The van der Waals surface area contributed by atoms with Crippen LogP contribution in [0, 0.1) is 0 Å². The van der Waals surface area contributed by atoms with Gasteiger partial charge in [-0.15, -0.1) is 0 Å². The molecule has 2 atom stereocenters. The molecule has 2 aliphatic rings. The Bertz CT molecular complexity index is 627. The Labute approximate surface area is 108 Å². The molecule has 1 aromatic carbocycles. The SMILES string of the molecule is CN1C(N)=NC(=O)[C@H]1[C@]1(O)C(=O)Nc2ccccc21. The highest BCUT2D eigenvalue weighted by Crippen LogP contribution is 2.41. The Morgan fingerprint density at radius 1 is 1.42 bits per heavy atom. The number of fused-ring (bicyclic) bond motifs is 1. The summed E-state index contributed by atoms with van der Waals surface area (Å²) in [6.07, 6.45) is 0. The third-order valence-corrected chi connectivity index (χ3v) is 3.54. The molecular weight excluding hydrogens is 248 g/mol. The number of nitrogens with zero attached hydrogens (tertiary/aromatic N) is 2. The molecule has 2 aliphatic heterocycles. The molecule has 7 heteroatoms. The summed E-state index contributed by atoms with van der Waals surface area (Å²) in [6, 6.07) is 5.54. The number of carbonyl (C=O) groups excluding carboxylic acids is 2. The van der Waals surface area contributed by atoms with Crippen LogP contribution in [-0.4, -0.2) is 40.9 Å². The van der Waals surface area contributed by atoms with Gasteiger partial charge in [0.2, 0.25) is 0 Å². The van der Waals surface area contributed by atoms with Crippen LogP contribution >= 0.6 is 0 Å². The summed E-state index contributed by atoms with van der Waals surface area (Å²) in [4.78, 5) is 28.9. The van der Waals surface area contributed by atoms with Crippen LogP contribution in [0.5, 0.6) is 0 Å². The highest BCUT2D eigenvalue weighted by Gasteiger charge is 2.58. The van der Waals surface area contributed by atoms with Crippen molar-refractivity contribution in [3.63, 3.8) is 0 Å². The number of aliphatic imine (C=N–C) groups is 1. The predicted octanol–water partition coefficient (Wildman–Crippen LogP) is -1.02. The molecule has 3 rings (SSSR count). The minimum atomic E-state index is -1.98. The van der Waals surface area contributed by atoms with Crippen molar-refractivity contribution >= 4 is 23.5 Å². The van der Waals surface area contributed by atoms with Gasteiger partial charge in [-0.3, -0.25) is 9.59 Å². The Morgan fingerprint density at radius 2 is 2.11 bits per heavy atom. The Hall–Kier alpha value is -2.41. The quantitative estimate of drug-likeness (QED) is 0.599. The van der Waals surface area contributed by atoms with Crippen LogP contribution in [0.15, 0.2) is 29.3 Å². The lowest BCUT2D eigenvalue weighted by atomic mass is 9.86. The number of carbonyl (C=O) groups is 2. The number of amides is 2. The van der Waals surface area contributed by atoms with Crippen molar-refractivity contribution in [3.8, 4) is 0 Å². The molecule has 0 aliphatic carbocycles. The molecule has 4 N–H and O–H groups in total. The number of likely N-dealkylation sites (N-methyl/N-ethyl adjacent to an activating group) is 1. The highest BCUT2D eigenvalue weighted by atomic mass is 16.3. The lowest BCUT2D eigenvalue weighted by molar-refractivity contribution is -0.146. The molecule has 0 fully saturated rings. The molecule has 98 valence electrons. The number of nitrogens with two attached hydrogens (primary N) is 1. The van der Waals surface area contributed by atoms with Crippen LogP contribution in [0.25, 0.3) is 0 Å². The number of hydrogen-bond donors (Lipinski definition) is 3. The molecule has 0 unspecified atom stereocenters. The fourth-order valence-electron chi connectivity index (χ4n) is 2.55. The average molecular weight is 260 g/mol. The normalized spacial score (nSPS) is 29.3. The van der Waals surface area contributed by atoms with E-state index >= 15 is 0 Å². The maximum Gasteiger partial charge on any atom is 0.275 e. The number of guanidine groups is 1. The first kappa shape index (κ1) is 11.7. The van der Waals surface area contributed by atoms with Crippen LogP contribution in [0.4, 0.5) is 5.69 Å². The van der Waals surface area contributed by atoms with E-state index in [1.807, 2.05) is 0 Å². The number of nitrogens with one attached hydrogen (secondary N) is 1. The second-order valence-corrected chi connectivity index (χ2v) is 4.59. The van der Waals surface area contributed by atoms with E-state index in [4.69, 9.17) is 5.73 Å². The molecule has 19 heavy (non-hydrogen) atoms. The van der Waals surface area contributed by atoms with Crippen LogP contribution in [0.1, 0.15) is 5.56 Å². The molecule has 0 saturated carbocycles. The van der Waals surface area contributed by atoms with Crippen LogP contribution < -0.4 is 11.1 Å². The van der Waals surface area contributed by atoms with Gasteiger partial charge in [0, 0.05) is 18.3 Å². The zero-order valence-electron chi connectivity index (χ0n) is 10.1. The Balaban J connectivity index is 2.14. The zero-order chi connectivity index (χ0) is 13.8. The number of hydrogen-bond acceptors (Lipinski definition) is 5. The molecule has 2 amide bonds. The molecule has 0 radical (unpaired) electrons. The van der Waals surface area contributed by atoms with Gasteiger partial charge >= 0.3 is 0 Å². The van der Waals surface area contributed by atoms with E-state index in [0.717, 1.165) is 0 Å². The molecule has 7 nitrogen and oxygen atoms in total. The van der Waals surface area contributed by atoms with Gasteiger partial charge in [0.05, 0.1) is 0 Å². The van der Waals surface area contributed by atoms with Gasteiger partial charge in [-0.2, -0.15) is 4.99 Å². The van der Waals surface area contributed by atoms with E-state index in [9.17, 15) is 14.7 Å². The van der Waals surface area contributed by atoms with Crippen molar-refractivity contribution in [3.05, 3.63) is 29.8 Å². The number of benzene rings is 1. The first-order chi connectivity index (χ1) is 8.96. The Kier molecular flexibility index (Phi) is 2.18. The molecule has 0 bridgehead atoms. The molecule has 0 saturated heterocycles. The summed E-state index contributed by atoms with van der Waals surface area (Å²) in [6.45, 7) is 0. The summed E-state index contributed by atoms with van der Waals surface area (Å²) in [5.41, 5.74) is 4.43. The minimum Gasteiger partial charge on any atom is -0.373 e. The van der Waals surface area contributed by atoms with Gasteiger partial charge in [-0.1, -0.05) is 18.2 Å². The Morgan fingerprint density at radius 3 is 2.74 bits per heavy atom. The van der Waals surface area contributed by atoms with Crippen molar-refractivity contribution in [2.45, 2.75) is 11.6 Å². The summed E-state index contributed by atoms with van der Waals surface area (Å²) >= 11 is 0. The van der Waals surface area contributed by atoms with Gasteiger partial charge in [-0.05, 0) is 6.07 Å². The van der Waals surface area contributed by atoms with Gasteiger partial charge in [0.15, 0.2) is 17.6 Å². The summed E-state index contributed by atoms with van der Waals surface area (Å²) in [5.74, 6) is -1.29. The van der Waals surface area contributed by atoms with E-state index in [1.54, 1.807) is 24.3 Å². The van der Waals surface area contributed by atoms with Crippen LogP contribution in [0.2, 0.25) is 0 Å². The second-order valence-electron chi connectivity index (χ2n) is 4.59. The third-order valence-electron chi connectivity index (χ3n) is 3.54. The zero-order valence-corrected chi connectivity index (χ0v) is 10.1. The third kappa shape index (κ3) is 1.33. The maximum absolute atomic E-state index is 12.1. The van der Waals surface area contributed by atoms with Crippen molar-refractivity contribution in [2.24, 2.45) is 10.7 Å². The van der Waals surface area contributed by atoms with E-state index in [-0.39, 0.29) is 5.96 Å². The molecule has 2 heterocycles. The van der Waals surface area contributed by atoms with E-state index in [0.29, 0.717) is 11.3 Å². The molecule has 1 aromatic rings. The highest BCUT2D eigenvalue weighted by molar-refractivity contribution is 6.12. The molecule has 0 spiro atoms. The predicted molar refractivity (Wildman–Crippen MR) is 67.1 cm³/mol. The summed E-state index contributed by atoms with van der Waals surface area (Å²) < 4.78 is 0. The molecular formula is C12H12N4O3. The van der Waals surface area contributed by atoms with Crippen molar-refractivity contribution < 1.29 is 14.7 Å². The number of anilines is 1. The largest absolute Gasteiger partial charge is 0.373 e. The first-order valence-corrected chi connectivity index (χ1v) is 5.70. The number of aliphatic hydroxyl groups is 1. The second kappa shape index (κ2) is 3.55.